The van der Waals surface area contributed by atoms with E-state index < -0.39 is 0 Å². The highest BCUT2D eigenvalue weighted by molar-refractivity contribution is 4.72. The van der Waals surface area contributed by atoms with Gasteiger partial charge in [0.2, 0.25) is 0 Å². The van der Waals surface area contributed by atoms with E-state index in [1.807, 2.05) is 0 Å². The van der Waals surface area contributed by atoms with Crippen molar-refractivity contribution >= 4 is 0 Å². The van der Waals surface area contributed by atoms with E-state index in [2.05, 4.69) is 6.92 Å². The first kappa shape index (κ1) is 8.02. The summed E-state index contributed by atoms with van der Waals surface area (Å²) in [5.41, 5.74) is 0. The fourth-order valence-corrected chi connectivity index (χ4v) is 1.48. The molecule has 2 atom stereocenters. The average Bonchev–Trinajstić information content (AvgIpc) is 2.04. The molecule has 0 unspecified atom stereocenters. The van der Waals surface area contributed by atoms with Gasteiger partial charge in [-0.1, -0.05) is 13.3 Å². The van der Waals surface area contributed by atoms with Crippen LogP contribution in [0.4, 0.5) is 0 Å². The lowest BCUT2D eigenvalue weighted by atomic mass is 9.95. The molecule has 0 aromatic rings. The zero-order chi connectivity index (χ0) is 7.40. The van der Waals surface area contributed by atoms with E-state index in [1.54, 1.807) is 7.11 Å². The van der Waals surface area contributed by atoms with Gasteiger partial charge in [0, 0.05) is 13.7 Å². The van der Waals surface area contributed by atoms with Crippen LogP contribution in [0.5, 0.6) is 0 Å². The van der Waals surface area contributed by atoms with Gasteiger partial charge in [0.05, 0.1) is 12.7 Å². The zero-order valence-corrected chi connectivity index (χ0v) is 6.80. The molecule has 1 saturated heterocycles. The molecule has 1 fully saturated rings. The van der Waals surface area contributed by atoms with Gasteiger partial charge in [0.15, 0.2) is 0 Å². The lowest BCUT2D eigenvalue weighted by Gasteiger charge is -2.29. The summed E-state index contributed by atoms with van der Waals surface area (Å²) in [7, 11) is 1.77. The van der Waals surface area contributed by atoms with Crippen LogP contribution in [0, 0.1) is 5.92 Å². The topological polar surface area (TPSA) is 18.5 Å². The molecule has 10 heavy (non-hydrogen) atoms. The van der Waals surface area contributed by atoms with E-state index in [1.165, 1.54) is 6.42 Å². The maximum atomic E-state index is 5.28. The van der Waals surface area contributed by atoms with Gasteiger partial charge < -0.3 is 9.47 Å². The Kier molecular flexibility index (Phi) is 3.16. The van der Waals surface area contributed by atoms with Crippen LogP contribution in [0.1, 0.15) is 19.8 Å². The molecule has 0 spiro atoms. The third-order valence-electron chi connectivity index (χ3n) is 2.27. The summed E-state index contributed by atoms with van der Waals surface area (Å²) in [4.78, 5) is 0. The van der Waals surface area contributed by atoms with Crippen molar-refractivity contribution < 1.29 is 9.47 Å². The van der Waals surface area contributed by atoms with Crippen LogP contribution in [0.25, 0.3) is 0 Å². The number of methoxy groups -OCH3 is 1. The van der Waals surface area contributed by atoms with Gasteiger partial charge >= 0.3 is 0 Å². The lowest BCUT2D eigenvalue weighted by Crippen LogP contribution is -2.33. The fourth-order valence-electron chi connectivity index (χ4n) is 1.48. The van der Waals surface area contributed by atoms with E-state index >= 15 is 0 Å². The molecular weight excluding hydrogens is 128 g/mol. The second-order valence-corrected chi connectivity index (χ2v) is 2.81. The van der Waals surface area contributed by atoms with Gasteiger partial charge in [-0.2, -0.15) is 0 Å². The van der Waals surface area contributed by atoms with Crippen molar-refractivity contribution in [1.29, 1.82) is 0 Å². The standard InChI is InChI=1S/C8H16O2/c1-3-7-4-5-10-6-8(7)9-2/h7-8H,3-6H2,1-2H3/t7-,8+/m0/s1. The second-order valence-electron chi connectivity index (χ2n) is 2.81. The van der Waals surface area contributed by atoms with Gasteiger partial charge in [-0.3, -0.25) is 0 Å². The van der Waals surface area contributed by atoms with Gasteiger partial charge in [0.25, 0.3) is 0 Å². The predicted molar refractivity (Wildman–Crippen MR) is 40.0 cm³/mol. The van der Waals surface area contributed by atoms with Gasteiger partial charge in [-0.25, -0.2) is 0 Å². The second kappa shape index (κ2) is 3.94. The molecule has 0 aromatic heterocycles. The maximum absolute atomic E-state index is 5.28. The smallest absolute Gasteiger partial charge is 0.0833 e. The van der Waals surface area contributed by atoms with E-state index in [-0.39, 0.29) is 0 Å². The van der Waals surface area contributed by atoms with Crippen molar-refractivity contribution in [2.24, 2.45) is 5.92 Å². The Morgan fingerprint density at radius 2 is 2.40 bits per heavy atom. The highest BCUT2D eigenvalue weighted by atomic mass is 16.5. The van der Waals surface area contributed by atoms with Crippen LogP contribution in [0.3, 0.4) is 0 Å². The molecule has 0 aromatic carbocycles. The van der Waals surface area contributed by atoms with Crippen LogP contribution in [0.2, 0.25) is 0 Å². The quantitative estimate of drug-likeness (QED) is 0.584. The first-order valence-electron chi connectivity index (χ1n) is 3.99. The third-order valence-corrected chi connectivity index (χ3v) is 2.27. The normalized spacial score (nSPS) is 34.2. The third kappa shape index (κ3) is 1.70. The predicted octanol–water partition coefficient (Wildman–Crippen LogP) is 1.45. The molecule has 2 heteroatoms. The van der Waals surface area contributed by atoms with Crippen molar-refractivity contribution in [1.82, 2.24) is 0 Å². The molecule has 0 radical (unpaired) electrons. The highest BCUT2D eigenvalue weighted by Crippen LogP contribution is 2.20. The molecule has 1 aliphatic rings. The molecule has 1 rings (SSSR count). The maximum Gasteiger partial charge on any atom is 0.0833 e. The molecule has 0 bridgehead atoms. The molecular formula is C8H16O2. The SMILES string of the molecule is CC[C@H]1CCOC[C@H]1OC. The summed E-state index contributed by atoms with van der Waals surface area (Å²) < 4.78 is 10.5. The van der Waals surface area contributed by atoms with Crippen molar-refractivity contribution in [2.75, 3.05) is 20.3 Å². The van der Waals surface area contributed by atoms with E-state index in [0.717, 1.165) is 25.6 Å². The fraction of sp³-hybridized carbons (Fsp3) is 1.00. The number of ether oxygens (including phenoxy) is 2. The van der Waals surface area contributed by atoms with Crippen LogP contribution >= 0.6 is 0 Å². The molecule has 2 nitrogen and oxygen atoms in total. The van der Waals surface area contributed by atoms with Crippen molar-refractivity contribution in [3.63, 3.8) is 0 Å². The van der Waals surface area contributed by atoms with Gasteiger partial charge in [-0.15, -0.1) is 0 Å². The minimum absolute atomic E-state index is 0.346. The monoisotopic (exact) mass is 144 g/mol. The first-order valence-corrected chi connectivity index (χ1v) is 3.99. The molecule has 60 valence electrons. The van der Waals surface area contributed by atoms with Gasteiger partial charge in [0.1, 0.15) is 0 Å². The Hall–Kier alpha value is -0.0800. The van der Waals surface area contributed by atoms with E-state index in [4.69, 9.17) is 9.47 Å². The summed E-state index contributed by atoms with van der Waals surface area (Å²) in [6.45, 7) is 3.91. The number of rotatable bonds is 2. The van der Waals surface area contributed by atoms with Crippen LogP contribution in [-0.4, -0.2) is 26.4 Å². The van der Waals surface area contributed by atoms with Crippen LogP contribution in [0.15, 0.2) is 0 Å². The number of hydrogen-bond donors (Lipinski definition) is 0. The molecule has 0 amide bonds. The average molecular weight is 144 g/mol. The minimum atomic E-state index is 0.346. The summed E-state index contributed by atoms with van der Waals surface area (Å²) in [5.74, 6) is 0.721. The Labute approximate surface area is 62.5 Å². The number of hydrogen-bond acceptors (Lipinski definition) is 2. The van der Waals surface area contributed by atoms with Crippen LogP contribution in [-0.2, 0) is 9.47 Å². The summed E-state index contributed by atoms with van der Waals surface area (Å²) in [6, 6.07) is 0. The first-order chi connectivity index (χ1) is 4.88. The molecule has 0 N–H and O–H groups in total. The van der Waals surface area contributed by atoms with Crippen molar-refractivity contribution in [2.45, 2.75) is 25.9 Å². The van der Waals surface area contributed by atoms with Crippen molar-refractivity contribution in [3.8, 4) is 0 Å². The molecule has 1 aliphatic heterocycles. The Balaban J connectivity index is 2.34. The summed E-state index contributed by atoms with van der Waals surface area (Å²) in [6.07, 6.45) is 2.72. The van der Waals surface area contributed by atoms with E-state index in [9.17, 15) is 0 Å². The zero-order valence-electron chi connectivity index (χ0n) is 6.80. The minimum Gasteiger partial charge on any atom is -0.379 e. The molecule has 1 heterocycles. The van der Waals surface area contributed by atoms with E-state index in [0.29, 0.717) is 6.10 Å². The van der Waals surface area contributed by atoms with Crippen molar-refractivity contribution in [3.05, 3.63) is 0 Å². The summed E-state index contributed by atoms with van der Waals surface area (Å²) in [5, 5.41) is 0. The Morgan fingerprint density at radius 3 is 2.90 bits per heavy atom. The van der Waals surface area contributed by atoms with Gasteiger partial charge in [-0.05, 0) is 12.3 Å². The highest BCUT2D eigenvalue weighted by Gasteiger charge is 2.23. The summed E-state index contributed by atoms with van der Waals surface area (Å²) >= 11 is 0. The molecule has 0 aliphatic carbocycles. The lowest BCUT2D eigenvalue weighted by molar-refractivity contribution is -0.0660. The largest absolute Gasteiger partial charge is 0.379 e. The Morgan fingerprint density at radius 1 is 1.60 bits per heavy atom. The molecule has 0 saturated carbocycles. The Bertz CT molecular complexity index is 81.3. The van der Waals surface area contributed by atoms with Crippen LogP contribution < -0.4 is 0 Å².